The van der Waals surface area contributed by atoms with E-state index >= 15 is 0 Å². The van der Waals surface area contributed by atoms with Gasteiger partial charge in [0.15, 0.2) is 0 Å². The van der Waals surface area contributed by atoms with Crippen molar-refractivity contribution in [1.82, 2.24) is 9.29 Å². The number of pyridine rings is 1. The fourth-order valence-electron chi connectivity index (χ4n) is 1.86. The van der Waals surface area contributed by atoms with Crippen LogP contribution in [-0.4, -0.2) is 30.8 Å². The third-order valence-electron chi connectivity index (χ3n) is 3.05. The van der Waals surface area contributed by atoms with Gasteiger partial charge in [-0.05, 0) is 18.9 Å². The van der Waals surface area contributed by atoms with Gasteiger partial charge in [0, 0.05) is 25.5 Å². The van der Waals surface area contributed by atoms with Crippen LogP contribution in [-0.2, 0) is 10.0 Å². The number of anilines is 1. The van der Waals surface area contributed by atoms with Crippen LogP contribution in [0.1, 0.15) is 26.7 Å². The number of hydrogen-bond acceptors (Lipinski definition) is 5. The van der Waals surface area contributed by atoms with Gasteiger partial charge in [-0.2, -0.15) is 4.31 Å². The van der Waals surface area contributed by atoms with Gasteiger partial charge in [-0.1, -0.05) is 13.8 Å². The van der Waals surface area contributed by atoms with Crippen LogP contribution in [0.4, 0.5) is 5.69 Å². The summed E-state index contributed by atoms with van der Waals surface area (Å²) in [6, 6.07) is 1.51. The van der Waals surface area contributed by atoms with Crippen molar-refractivity contribution in [3.8, 4) is 0 Å². The average molecular weight is 272 g/mol. The molecule has 6 nitrogen and oxygen atoms in total. The molecule has 0 radical (unpaired) electrons. The van der Waals surface area contributed by atoms with Gasteiger partial charge in [-0.3, -0.25) is 10.8 Å². The zero-order valence-electron chi connectivity index (χ0n) is 10.9. The number of nitrogens with one attached hydrogen (secondary N) is 1. The number of nitrogens with zero attached hydrogens (tertiary/aromatic N) is 2. The van der Waals surface area contributed by atoms with Crippen molar-refractivity contribution in [3.63, 3.8) is 0 Å². The highest BCUT2D eigenvalue weighted by Crippen LogP contribution is 2.24. The summed E-state index contributed by atoms with van der Waals surface area (Å²) in [5.41, 5.74) is 2.74. The largest absolute Gasteiger partial charge is 0.323 e. The maximum Gasteiger partial charge on any atom is 0.246 e. The van der Waals surface area contributed by atoms with Crippen molar-refractivity contribution >= 4 is 15.7 Å². The van der Waals surface area contributed by atoms with Crippen LogP contribution < -0.4 is 11.3 Å². The van der Waals surface area contributed by atoms with Gasteiger partial charge in [0.1, 0.15) is 4.90 Å². The molecular weight excluding hydrogens is 252 g/mol. The first-order valence-electron chi connectivity index (χ1n) is 5.87. The molecule has 0 saturated heterocycles. The summed E-state index contributed by atoms with van der Waals surface area (Å²) < 4.78 is 26.3. The molecule has 0 atom stereocenters. The number of nitrogens with two attached hydrogens (primary N) is 1. The van der Waals surface area contributed by atoms with E-state index in [1.165, 1.54) is 22.8 Å². The Hall–Kier alpha value is -1.18. The highest BCUT2D eigenvalue weighted by atomic mass is 32.2. The first kappa shape index (κ1) is 14.9. The van der Waals surface area contributed by atoms with Gasteiger partial charge < -0.3 is 5.43 Å². The van der Waals surface area contributed by atoms with Gasteiger partial charge in [-0.25, -0.2) is 8.42 Å². The van der Waals surface area contributed by atoms with Gasteiger partial charge in [-0.15, -0.1) is 0 Å². The van der Waals surface area contributed by atoms with Crippen molar-refractivity contribution in [2.24, 2.45) is 5.84 Å². The average Bonchev–Trinajstić information content (AvgIpc) is 2.39. The molecule has 1 rings (SSSR count). The summed E-state index contributed by atoms with van der Waals surface area (Å²) in [7, 11) is -1.99. The summed E-state index contributed by atoms with van der Waals surface area (Å²) >= 11 is 0. The Morgan fingerprint density at radius 2 is 2.06 bits per heavy atom. The lowest BCUT2D eigenvalue weighted by Crippen LogP contribution is -2.36. The van der Waals surface area contributed by atoms with E-state index in [2.05, 4.69) is 10.4 Å². The second-order valence-corrected chi connectivity index (χ2v) is 5.97. The number of sulfonamides is 1. The third-order valence-corrected chi connectivity index (χ3v) is 4.99. The highest BCUT2D eigenvalue weighted by molar-refractivity contribution is 7.89. The summed E-state index contributed by atoms with van der Waals surface area (Å²) in [5.74, 6) is 5.33. The molecule has 0 amide bonds. The minimum Gasteiger partial charge on any atom is -0.323 e. The Morgan fingerprint density at radius 1 is 1.44 bits per heavy atom. The lowest BCUT2D eigenvalue weighted by Gasteiger charge is -2.26. The Morgan fingerprint density at radius 3 is 2.56 bits per heavy atom. The van der Waals surface area contributed by atoms with Crippen LogP contribution in [0.15, 0.2) is 23.4 Å². The molecule has 0 bridgehead atoms. The molecule has 0 unspecified atom stereocenters. The second-order valence-electron chi connectivity index (χ2n) is 4.01. The molecule has 0 aromatic carbocycles. The lowest BCUT2D eigenvalue weighted by molar-refractivity contribution is 0.350. The first-order valence-corrected chi connectivity index (χ1v) is 7.31. The molecule has 3 N–H and O–H groups in total. The third kappa shape index (κ3) is 2.80. The summed E-state index contributed by atoms with van der Waals surface area (Å²) in [6.45, 7) is 3.93. The molecule has 1 aromatic heterocycles. The molecule has 102 valence electrons. The predicted octanol–water partition coefficient (Wildman–Crippen LogP) is 1.18. The molecule has 0 aliphatic carbocycles. The molecular formula is C11H20N4O2S. The topological polar surface area (TPSA) is 88.3 Å². The Labute approximate surface area is 108 Å². The van der Waals surface area contributed by atoms with Gasteiger partial charge >= 0.3 is 0 Å². The monoisotopic (exact) mass is 272 g/mol. The maximum atomic E-state index is 12.5. The van der Waals surface area contributed by atoms with Gasteiger partial charge in [0.25, 0.3) is 0 Å². The predicted molar refractivity (Wildman–Crippen MR) is 71.4 cm³/mol. The zero-order chi connectivity index (χ0) is 13.8. The number of hydrazine groups is 1. The smallest absolute Gasteiger partial charge is 0.246 e. The number of aromatic nitrogens is 1. The number of hydrogen-bond donors (Lipinski definition) is 2. The Balaban J connectivity index is 3.21. The number of nitrogen functional groups attached to an aromatic ring is 1. The highest BCUT2D eigenvalue weighted by Gasteiger charge is 2.28. The van der Waals surface area contributed by atoms with Crippen molar-refractivity contribution < 1.29 is 8.42 Å². The number of rotatable bonds is 6. The fourth-order valence-corrected chi connectivity index (χ4v) is 3.46. The van der Waals surface area contributed by atoms with E-state index in [1.807, 2.05) is 13.8 Å². The molecule has 1 aromatic rings. The standard InChI is InChI=1S/C11H20N4O2S/c1-4-9(5-2)15(3)18(16,17)11-8-13-7-6-10(11)14-12/h6-9H,4-5,12H2,1-3H3,(H,13,14). The van der Waals surface area contributed by atoms with Crippen molar-refractivity contribution in [3.05, 3.63) is 18.5 Å². The van der Waals surface area contributed by atoms with E-state index in [0.717, 1.165) is 12.8 Å². The van der Waals surface area contributed by atoms with Crippen LogP contribution in [0.25, 0.3) is 0 Å². The Bertz CT molecular complexity index is 486. The fraction of sp³-hybridized carbons (Fsp3) is 0.545. The summed E-state index contributed by atoms with van der Waals surface area (Å²) in [5, 5.41) is 0. The molecule has 0 spiro atoms. The summed E-state index contributed by atoms with van der Waals surface area (Å²) in [4.78, 5) is 3.95. The quantitative estimate of drug-likeness (QED) is 0.599. The lowest BCUT2D eigenvalue weighted by atomic mass is 10.2. The second kappa shape index (κ2) is 6.12. The minimum absolute atomic E-state index is 0.0270. The van der Waals surface area contributed by atoms with E-state index in [-0.39, 0.29) is 10.9 Å². The van der Waals surface area contributed by atoms with Gasteiger partial charge in [0.05, 0.1) is 5.69 Å². The van der Waals surface area contributed by atoms with Gasteiger partial charge in [0.2, 0.25) is 10.0 Å². The minimum atomic E-state index is -3.58. The molecule has 0 fully saturated rings. The SMILES string of the molecule is CCC(CC)N(C)S(=O)(=O)c1cnccc1NN. The molecule has 0 saturated carbocycles. The van der Waals surface area contributed by atoms with Crippen molar-refractivity contribution in [2.75, 3.05) is 12.5 Å². The van der Waals surface area contributed by atoms with E-state index in [9.17, 15) is 8.42 Å². The van der Waals surface area contributed by atoms with Crippen LogP contribution in [0.5, 0.6) is 0 Å². The molecule has 0 aliphatic rings. The normalized spacial score (nSPS) is 12.1. The van der Waals surface area contributed by atoms with Crippen LogP contribution in [0, 0.1) is 0 Å². The van der Waals surface area contributed by atoms with E-state index in [0.29, 0.717) is 5.69 Å². The molecule has 0 aliphatic heterocycles. The zero-order valence-corrected chi connectivity index (χ0v) is 11.7. The van der Waals surface area contributed by atoms with E-state index < -0.39 is 10.0 Å². The van der Waals surface area contributed by atoms with Crippen LogP contribution in [0.3, 0.4) is 0 Å². The van der Waals surface area contributed by atoms with Crippen molar-refractivity contribution in [1.29, 1.82) is 0 Å². The van der Waals surface area contributed by atoms with Crippen LogP contribution >= 0.6 is 0 Å². The first-order chi connectivity index (χ1) is 8.48. The molecule has 7 heteroatoms. The van der Waals surface area contributed by atoms with Crippen molar-refractivity contribution in [2.45, 2.75) is 37.6 Å². The maximum absolute atomic E-state index is 12.5. The summed E-state index contributed by atoms with van der Waals surface area (Å²) in [6.07, 6.45) is 4.32. The Kier molecular flexibility index (Phi) is 5.06. The van der Waals surface area contributed by atoms with Crippen LogP contribution in [0.2, 0.25) is 0 Å². The van der Waals surface area contributed by atoms with E-state index in [1.54, 1.807) is 7.05 Å². The van der Waals surface area contributed by atoms with E-state index in [4.69, 9.17) is 5.84 Å². The molecule has 18 heavy (non-hydrogen) atoms. The molecule has 1 heterocycles.